The highest BCUT2D eigenvalue weighted by Crippen LogP contribution is 2.19. The van der Waals surface area contributed by atoms with Gasteiger partial charge in [0.15, 0.2) is 0 Å². The first-order valence-corrected chi connectivity index (χ1v) is 4.96. The molecule has 0 aliphatic heterocycles. The van der Waals surface area contributed by atoms with Gasteiger partial charge in [0.25, 0.3) is 0 Å². The highest BCUT2D eigenvalue weighted by Gasteiger charge is 2.07. The lowest BCUT2D eigenvalue weighted by molar-refractivity contribution is 0.280. The second-order valence-electron chi connectivity index (χ2n) is 3.23. The zero-order chi connectivity index (χ0) is 11.1. The lowest BCUT2D eigenvalue weighted by atomic mass is 9.99. The van der Waals surface area contributed by atoms with Gasteiger partial charge in [0.2, 0.25) is 0 Å². The molecule has 0 saturated heterocycles. The molecule has 0 aromatic heterocycles. The Kier molecular flexibility index (Phi) is 4.58. The first-order valence-electron chi connectivity index (χ1n) is 4.96. The van der Waals surface area contributed by atoms with E-state index < -0.39 is 6.10 Å². The molecule has 0 bridgehead atoms. The maximum absolute atomic E-state index is 9.78. The summed E-state index contributed by atoms with van der Waals surface area (Å²) < 4.78 is 0. The van der Waals surface area contributed by atoms with Gasteiger partial charge >= 0.3 is 0 Å². The van der Waals surface area contributed by atoms with Crippen LogP contribution in [0.1, 0.15) is 12.0 Å². The molecule has 1 nitrogen and oxygen atoms in total. The van der Waals surface area contributed by atoms with Crippen LogP contribution >= 0.6 is 0 Å². The summed E-state index contributed by atoms with van der Waals surface area (Å²) in [5.74, 6) is 0. The first-order chi connectivity index (χ1) is 7.29. The Morgan fingerprint density at radius 1 is 1.27 bits per heavy atom. The normalized spacial score (nSPS) is 13.3. The molecule has 0 spiro atoms. The Bertz CT molecular complexity index is 349. The molecule has 78 valence electrons. The molecule has 0 radical (unpaired) electrons. The summed E-state index contributed by atoms with van der Waals surface area (Å²) >= 11 is 0. The Labute approximate surface area is 91.1 Å². The molecule has 1 heteroatoms. The van der Waals surface area contributed by atoms with Crippen molar-refractivity contribution >= 4 is 5.57 Å². The minimum absolute atomic E-state index is 0.618. The number of benzene rings is 1. The van der Waals surface area contributed by atoms with E-state index in [9.17, 15) is 5.11 Å². The minimum Gasteiger partial charge on any atom is -0.384 e. The van der Waals surface area contributed by atoms with E-state index in [2.05, 4.69) is 13.2 Å². The number of aliphatic hydroxyl groups excluding tert-OH is 1. The van der Waals surface area contributed by atoms with E-state index in [1.54, 1.807) is 6.08 Å². The number of hydrogen-bond donors (Lipinski definition) is 1. The molecule has 1 N–H and O–H groups in total. The molecule has 0 amide bonds. The third kappa shape index (κ3) is 3.22. The third-order valence-corrected chi connectivity index (χ3v) is 2.15. The summed E-state index contributed by atoms with van der Waals surface area (Å²) in [5.41, 5.74) is 1.90. The average Bonchev–Trinajstić information content (AvgIpc) is 2.30. The molecule has 0 aliphatic rings. The van der Waals surface area contributed by atoms with Crippen LogP contribution in [0.2, 0.25) is 0 Å². The molecule has 1 unspecified atom stereocenters. The highest BCUT2D eigenvalue weighted by molar-refractivity contribution is 5.70. The maximum Gasteiger partial charge on any atom is 0.0972 e. The van der Waals surface area contributed by atoms with E-state index in [-0.39, 0.29) is 0 Å². The largest absolute Gasteiger partial charge is 0.384 e. The van der Waals surface area contributed by atoms with Crippen LogP contribution in [0.15, 0.2) is 61.7 Å². The van der Waals surface area contributed by atoms with Crippen molar-refractivity contribution in [2.45, 2.75) is 12.5 Å². The van der Waals surface area contributed by atoms with Gasteiger partial charge in [-0.25, -0.2) is 0 Å². The van der Waals surface area contributed by atoms with Gasteiger partial charge in [-0.05, 0) is 17.6 Å². The Balaban J connectivity index is 3.01. The monoisotopic (exact) mass is 200 g/mol. The lowest BCUT2D eigenvalue weighted by Gasteiger charge is -2.11. The SMILES string of the molecule is C=CC/C=C(/c1ccccc1)C(O)C=C. The molecular weight excluding hydrogens is 184 g/mol. The highest BCUT2D eigenvalue weighted by atomic mass is 16.3. The Morgan fingerprint density at radius 2 is 1.93 bits per heavy atom. The van der Waals surface area contributed by atoms with Crippen LogP contribution in [0.4, 0.5) is 0 Å². The van der Waals surface area contributed by atoms with Crippen molar-refractivity contribution in [2.24, 2.45) is 0 Å². The molecule has 0 saturated carbocycles. The van der Waals surface area contributed by atoms with E-state index in [4.69, 9.17) is 0 Å². The van der Waals surface area contributed by atoms with Crippen molar-refractivity contribution in [1.82, 2.24) is 0 Å². The fraction of sp³-hybridized carbons (Fsp3) is 0.143. The van der Waals surface area contributed by atoms with Crippen molar-refractivity contribution in [1.29, 1.82) is 0 Å². The summed E-state index contributed by atoms with van der Waals surface area (Å²) in [5, 5.41) is 9.78. The molecule has 15 heavy (non-hydrogen) atoms. The fourth-order valence-corrected chi connectivity index (χ4v) is 1.38. The van der Waals surface area contributed by atoms with Crippen LogP contribution in [0.25, 0.3) is 5.57 Å². The van der Waals surface area contributed by atoms with Crippen molar-refractivity contribution < 1.29 is 5.11 Å². The first kappa shape index (κ1) is 11.5. The summed E-state index contributed by atoms with van der Waals surface area (Å²) in [6, 6.07) is 9.80. The smallest absolute Gasteiger partial charge is 0.0972 e. The second kappa shape index (κ2) is 5.99. The van der Waals surface area contributed by atoms with Crippen molar-refractivity contribution in [2.75, 3.05) is 0 Å². The molecule has 1 atom stereocenters. The molecule has 0 fully saturated rings. The van der Waals surface area contributed by atoms with Gasteiger partial charge in [-0.15, -0.1) is 13.2 Å². The van der Waals surface area contributed by atoms with Gasteiger partial charge in [0.1, 0.15) is 0 Å². The van der Waals surface area contributed by atoms with Crippen LogP contribution in [-0.2, 0) is 0 Å². The number of rotatable bonds is 5. The predicted octanol–water partition coefficient (Wildman–Crippen LogP) is 3.19. The topological polar surface area (TPSA) is 20.2 Å². The average molecular weight is 200 g/mol. The maximum atomic E-state index is 9.78. The van der Waals surface area contributed by atoms with Crippen molar-refractivity contribution in [3.63, 3.8) is 0 Å². The minimum atomic E-state index is -0.618. The predicted molar refractivity (Wildman–Crippen MR) is 65.4 cm³/mol. The van der Waals surface area contributed by atoms with E-state index in [1.165, 1.54) is 6.08 Å². The second-order valence-corrected chi connectivity index (χ2v) is 3.23. The van der Waals surface area contributed by atoms with E-state index in [0.29, 0.717) is 0 Å². The Morgan fingerprint density at radius 3 is 2.47 bits per heavy atom. The van der Waals surface area contributed by atoms with Crippen LogP contribution in [0.5, 0.6) is 0 Å². The van der Waals surface area contributed by atoms with Crippen molar-refractivity contribution in [3.05, 3.63) is 67.3 Å². The van der Waals surface area contributed by atoms with Crippen molar-refractivity contribution in [3.8, 4) is 0 Å². The number of aliphatic hydroxyl groups is 1. The molecule has 0 aliphatic carbocycles. The molecule has 1 rings (SSSR count). The molecule has 0 heterocycles. The van der Waals surface area contributed by atoms with Gasteiger partial charge in [0.05, 0.1) is 6.10 Å². The van der Waals surface area contributed by atoms with Crippen LogP contribution in [0.3, 0.4) is 0 Å². The summed E-state index contributed by atoms with van der Waals surface area (Å²) in [4.78, 5) is 0. The lowest BCUT2D eigenvalue weighted by Crippen LogP contribution is -2.05. The summed E-state index contributed by atoms with van der Waals surface area (Å²) in [6.45, 7) is 7.26. The third-order valence-electron chi connectivity index (χ3n) is 2.15. The van der Waals surface area contributed by atoms with Gasteiger partial charge < -0.3 is 5.11 Å². The number of hydrogen-bond acceptors (Lipinski definition) is 1. The Hall–Kier alpha value is -1.60. The quantitative estimate of drug-likeness (QED) is 0.724. The van der Waals surface area contributed by atoms with Gasteiger partial charge in [-0.1, -0.05) is 48.6 Å². The van der Waals surface area contributed by atoms with Gasteiger partial charge in [-0.2, -0.15) is 0 Å². The molecular formula is C14H16O. The van der Waals surface area contributed by atoms with E-state index >= 15 is 0 Å². The standard InChI is InChI=1S/C14H16O/c1-3-5-11-13(14(15)4-2)12-9-7-6-8-10-12/h3-4,6-11,14-15H,1-2,5H2/b13-11-. The molecule has 1 aromatic rings. The van der Waals surface area contributed by atoms with Crippen LogP contribution in [0, 0.1) is 0 Å². The zero-order valence-corrected chi connectivity index (χ0v) is 8.76. The number of allylic oxidation sites excluding steroid dienone is 2. The van der Waals surface area contributed by atoms with E-state index in [0.717, 1.165) is 17.6 Å². The summed E-state index contributed by atoms with van der Waals surface area (Å²) in [6.07, 6.45) is 5.43. The summed E-state index contributed by atoms with van der Waals surface area (Å²) in [7, 11) is 0. The van der Waals surface area contributed by atoms with Gasteiger partial charge in [0, 0.05) is 0 Å². The zero-order valence-electron chi connectivity index (χ0n) is 8.76. The van der Waals surface area contributed by atoms with Gasteiger partial charge in [-0.3, -0.25) is 0 Å². The van der Waals surface area contributed by atoms with E-state index in [1.807, 2.05) is 36.4 Å². The van der Waals surface area contributed by atoms with Crippen LogP contribution in [-0.4, -0.2) is 11.2 Å². The fourth-order valence-electron chi connectivity index (χ4n) is 1.38. The molecule has 1 aromatic carbocycles. The van der Waals surface area contributed by atoms with Crippen LogP contribution < -0.4 is 0 Å².